The number of rotatable bonds is 20. The van der Waals surface area contributed by atoms with Crippen LogP contribution in [0.15, 0.2) is 12.1 Å². The Kier molecular flexibility index (Phi) is 13.0. The van der Waals surface area contributed by atoms with Crippen molar-refractivity contribution in [3.63, 3.8) is 0 Å². The zero-order valence-electron chi connectivity index (χ0n) is 30.2. The topological polar surface area (TPSA) is 55.8 Å². The van der Waals surface area contributed by atoms with E-state index in [9.17, 15) is 9.59 Å². The Labute approximate surface area is 300 Å². The fourth-order valence-corrected chi connectivity index (χ4v) is 10.5. The Hall–Kier alpha value is -2.42. The molecule has 5 nitrogen and oxygen atoms in total. The van der Waals surface area contributed by atoms with Gasteiger partial charge < -0.3 is 9.47 Å². The Morgan fingerprint density at radius 2 is 1.23 bits per heavy atom. The number of imide groups is 1. The van der Waals surface area contributed by atoms with Gasteiger partial charge in [0.15, 0.2) is 0 Å². The molecule has 5 rings (SSSR count). The van der Waals surface area contributed by atoms with E-state index in [0.29, 0.717) is 42.7 Å². The SMILES string of the molecule is CCCCCCCCN1C(=O)c2c(C)sc(-c3cc4c(OCC(CC)CCC)c5sc(C)cc5c(OCC(CC)CCC)c4s3)c2C1=O. The smallest absolute Gasteiger partial charge is 0.263 e. The molecule has 2 unspecified atom stereocenters. The predicted octanol–water partition coefficient (Wildman–Crippen LogP) is 12.8. The first kappa shape index (κ1) is 36.9. The number of unbranched alkanes of at least 4 members (excludes halogenated alkanes) is 5. The lowest BCUT2D eigenvalue weighted by Gasteiger charge is -2.19. The van der Waals surface area contributed by atoms with Gasteiger partial charge in [0.1, 0.15) is 11.5 Å². The lowest BCUT2D eigenvalue weighted by Crippen LogP contribution is -2.31. The molecule has 0 spiro atoms. The normalized spacial score (nSPS) is 14.4. The van der Waals surface area contributed by atoms with Gasteiger partial charge in [0.05, 0.1) is 38.6 Å². The van der Waals surface area contributed by atoms with Crippen molar-refractivity contribution in [3.05, 3.63) is 33.0 Å². The van der Waals surface area contributed by atoms with Gasteiger partial charge in [-0.2, -0.15) is 0 Å². The van der Waals surface area contributed by atoms with Gasteiger partial charge in [-0.15, -0.1) is 34.0 Å². The van der Waals surface area contributed by atoms with Gasteiger partial charge in [0.2, 0.25) is 0 Å². The highest BCUT2D eigenvalue weighted by Gasteiger charge is 2.41. The third-order valence-corrected chi connectivity index (χ3v) is 13.4. The molecule has 1 aliphatic heterocycles. The summed E-state index contributed by atoms with van der Waals surface area (Å²) in [5.74, 6) is 2.59. The Morgan fingerprint density at radius 3 is 1.83 bits per heavy atom. The third kappa shape index (κ3) is 7.66. The number of ether oxygens (including phenoxy) is 2. The Balaban J connectivity index is 1.57. The highest BCUT2D eigenvalue weighted by molar-refractivity contribution is 7.27. The second-order valence-corrected chi connectivity index (χ2v) is 17.2. The average Bonchev–Trinajstić information content (AvgIpc) is 3.83. The molecule has 0 fully saturated rings. The van der Waals surface area contributed by atoms with Crippen LogP contribution in [0.25, 0.3) is 29.9 Å². The van der Waals surface area contributed by atoms with E-state index in [1.165, 1.54) is 29.0 Å². The molecule has 8 heteroatoms. The molecule has 0 saturated heterocycles. The lowest BCUT2D eigenvalue weighted by atomic mass is 10.0. The van der Waals surface area contributed by atoms with Gasteiger partial charge in [-0.1, -0.05) is 92.4 Å². The molecule has 3 aromatic heterocycles. The number of hydrogen-bond acceptors (Lipinski definition) is 7. The number of thiophene rings is 3. The summed E-state index contributed by atoms with van der Waals surface area (Å²) in [4.78, 5) is 33.1. The Bertz CT molecular complexity index is 1640. The fourth-order valence-electron chi connectivity index (χ4n) is 7.05. The number of carbonyl (C=O) groups excluding carboxylic acids is 2. The molecule has 1 aliphatic rings. The van der Waals surface area contributed by atoms with Crippen LogP contribution < -0.4 is 9.47 Å². The molecule has 262 valence electrons. The monoisotopic (exact) mass is 709 g/mol. The molecule has 1 aromatic carbocycles. The minimum Gasteiger partial charge on any atom is -0.491 e. The van der Waals surface area contributed by atoms with Crippen LogP contribution >= 0.6 is 34.0 Å². The number of aryl methyl sites for hydroxylation is 2. The van der Waals surface area contributed by atoms with Crippen molar-refractivity contribution in [2.45, 2.75) is 126 Å². The summed E-state index contributed by atoms with van der Waals surface area (Å²) in [6.45, 7) is 17.2. The zero-order chi connectivity index (χ0) is 34.4. The molecule has 0 aliphatic carbocycles. The molecular weight excluding hydrogens is 655 g/mol. The molecule has 2 atom stereocenters. The van der Waals surface area contributed by atoms with Crippen molar-refractivity contribution in [2.75, 3.05) is 19.8 Å². The highest BCUT2D eigenvalue weighted by Crippen LogP contribution is 2.53. The second kappa shape index (κ2) is 17.0. The summed E-state index contributed by atoms with van der Waals surface area (Å²) in [5, 5.41) is 2.17. The van der Waals surface area contributed by atoms with Crippen LogP contribution in [0.2, 0.25) is 0 Å². The van der Waals surface area contributed by atoms with Crippen LogP contribution in [0, 0.1) is 25.7 Å². The predicted molar refractivity (Wildman–Crippen MR) is 207 cm³/mol. The first-order valence-electron chi connectivity index (χ1n) is 18.5. The van der Waals surface area contributed by atoms with Crippen molar-refractivity contribution in [1.82, 2.24) is 4.90 Å². The van der Waals surface area contributed by atoms with Crippen LogP contribution in [0.4, 0.5) is 0 Å². The van der Waals surface area contributed by atoms with Crippen molar-refractivity contribution < 1.29 is 19.1 Å². The standard InChI is InChI=1S/C40H55NO4S3/c1-8-13-14-15-16-17-20-41-39(42)32-26(7)47-38(33(32)40(41)43)31-22-30-35(45-24-28(12-5)19-10-3)36-29(21-25(6)46-36)34(37(30)48-31)44-23-27(11-4)18-9-2/h21-22,27-28H,8-20,23-24H2,1-7H3. The molecule has 0 N–H and O–H groups in total. The van der Waals surface area contributed by atoms with Gasteiger partial charge >= 0.3 is 0 Å². The molecule has 0 saturated carbocycles. The molecular formula is C40H55NO4S3. The van der Waals surface area contributed by atoms with Gasteiger partial charge in [-0.25, -0.2) is 0 Å². The third-order valence-electron chi connectivity index (χ3n) is 9.93. The molecule has 0 bridgehead atoms. The summed E-state index contributed by atoms with van der Waals surface area (Å²) in [5.41, 5.74) is 1.19. The van der Waals surface area contributed by atoms with Crippen molar-refractivity contribution in [2.24, 2.45) is 11.8 Å². The summed E-state index contributed by atoms with van der Waals surface area (Å²) in [7, 11) is 0. The minimum atomic E-state index is -0.138. The number of carbonyl (C=O) groups is 2. The lowest BCUT2D eigenvalue weighted by molar-refractivity contribution is 0.0651. The number of benzene rings is 1. The second-order valence-electron chi connectivity index (χ2n) is 13.6. The van der Waals surface area contributed by atoms with E-state index in [0.717, 1.165) is 104 Å². The van der Waals surface area contributed by atoms with E-state index >= 15 is 0 Å². The van der Waals surface area contributed by atoms with Crippen LogP contribution in [-0.2, 0) is 0 Å². The first-order chi connectivity index (χ1) is 23.3. The van der Waals surface area contributed by atoms with Crippen molar-refractivity contribution in [1.29, 1.82) is 0 Å². The molecule has 4 heterocycles. The maximum absolute atomic E-state index is 13.9. The van der Waals surface area contributed by atoms with Crippen LogP contribution in [0.3, 0.4) is 0 Å². The maximum Gasteiger partial charge on any atom is 0.263 e. The summed E-state index contributed by atoms with van der Waals surface area (Å²) in [6, 6.07) is 4.46. The quantitative estimate of drug-likeness (QED) is 0.0677. The zero-order valence-corrected chi connectivity index (χ0v) is 32.7. The number of fused-ring (bicyclic) bond motifs is 3. The maximum atomic E-state index is 13.9. The largest absolute Gasteiger partial charge is 0.491 e. The van der Waals surface area contributed by atoms with E-state index in [1.54, 1.807) is 34.0 Å². The van der Waals surface area contributed by atoms with Crippen LogP contribution in [0.1, 0.15) is 142 Å². The van der Waals surface area contributed by atoms with Crippen molar-refractivity contribution in [3.8, 4) is 21.3 Å². The molecule has 48 heavy (non-hydrogen) atoms. The summed E-state index contributed by atoms with van der Waals surface area (Å²) in [6.07, 6.45) is 13.4. The van der Waals surface area contributed by atoms with Crippen LogP contribution in [-0.4, -0.2) is 36.5 Å². The van der Waals surface area contributed by atoms with Gasteiger partial charge in [0, 0.05) is 31.9 Å². The van der Waals surface area contributed by atoms with E-state index in [1.807, 2.05) is 6.92 Å². The number of hydrogen-bond donors (Lipinski definition) is 0. The Morgan fingerprint density at radius 1 is 0.667 bits per heavy atom. The molecule has 2 amide bonds. The first-order valence-corrected chi connectivity index (χ1v) is 21.0. The molecule has 4 aromatic rings. The van der Waals surface area contributed by atoms with Gasteiger partial charge in [-0.05, 0) is 57.1 Å². The number of amides is 2. The summed E-state index contributed by atoms with van der Waals surface area (Å²) >= 11 is 5.02. The van der Waals surface area contributed by atoms with Crippen molar-refractivity contribution >= 4 is 66.0 Å². The van der Waals surface area contributed by atoms with Gasteiger partial charge in [0.25, 0.3) is 11.8 Å². The average molecular weight is 710 g/mol. The van der Waals surface area contributed by atoms with E-state index in [2.05, 4.69) is 53.7 Å². The molecule has 0 radical (unpaired) electrons. The highest BCUT2D eigenvalue weighted by atomic mass is 32.1. The van der Waals surface area contributed by atoms with Crippen LogP contribution in [0.5, 0.6) is 11.5 Å². The summed E-state index contributed by atoms with van der Waals surface area (Å²) < 4.78 is 15.8. The van der Waals surface area contributed by atoms with E-state index in [4.69, 9.17) is 9.47 Å². The number of nitrogens with zero attached hydrogens (tertiary/aromatic N) is 1. The minimum absolute atomic E-state index is 0.128. The van der Waals surface area contributed by atoms with E-state index in [-0.39, 0.29) is 11.8 Å². The van der Waals surface area contributed by atoms with E-state index < -0.39 is 0 Å². The van der Waals surface area contributed by atoms with Gasteiger partial charge in [-0.3, -0.25) is 14.5 Å². The fraction of sp³-hybridized carbons (Fsp3) is 0.600.